The lowest BCUT2D eigenvalue weighted by Crippen LogP contribution is -2.33. The fourth-order valence-electron chi connectivity index (χ4n) is 0.992. The van der Waals surface area contributed by atoms with E-state index in [9.17, 15) is 4.79 Å². The average Bonchev–Trinajstić information content (AvgIpc) is 2.05. The number of hydrogen-bond donors (Lipinski definition) is 0. The van der Waals surface area contributed by atoms with Crippen molar-refractivity contribution in [1.29, 1.82) is 0 Å². The van der Waals surface area contributed by atoms with Gasteiger partial charge in [-0.2, -0.15) is 0 Å². The van der Waals surface area contributed by atoms with Gasteiger partial charge in [-0.05, 0) is 0 Å². The van der Waals surface area contributed by atoms with Gasteiger partial charge < -0.3 is 14.2 Å². The molecule has 0 aromatic rings. The number of carbonyl (C=O) groups is 1. The Morgan fingerprint density at radius 3 is 2.31 bits per heavy atom. The molecule has 0 rings (SSSR count). The van der Waals surface area contributed by atoms with E-state index in [4.69, 9.17) is 14.2 Å². The molecule has 13 heavy (non-hydrogen) atoms. The van der Waals surface area contributed by atoms with Crippen molar-refractivity contribution in [2.45, 2.75) is 25.7 Å². The maximum Gasteiger partial charge on any atom is 0.303 e. The smallest absolute Gasteiger partial charge is 0.303 e. The van der Waals surface area contributed by atoms with Crippen LogP contribution in [0, 0.1) is 0 Å². The maximum atomic E-state index is 10.7. The number of ether oxygens (including phenoxy) is 3. The monoisotopic (exact) mass is 188 g/mol. The minimum Gasteiger partial charge on any atom is -0.457 e. The first-order chi connectivity index (χ1) is 6.15. The molecule has 0 aromatic carbocycles. The quantitative estimate of drug-likeness (QED) is 0.356. The van der Waals surface area contributed by atoms with Crippen molar-refractivity contribution in [3.05, 3.63) is 12.7 Å². The highest BCUT2D eigenvalue weighted by Crippen LogP contribution is 2.09. The summed E-state index contributed by atoms with van der Waals surface area (Å²) in [6, 6.07) is 0. The van der Waals surface area contributed by atoms with Gasteiger partial charge in [-0.1, -0.05) is 6.08 Å². The van der Waals surface area contributed by atoms with Crippen LogP contribution in [0.15, 0.2) is 12.7 Å². The van der Waals surface area contributed by atoms with Gasteiger partial charge in [0.15, 0.2) is 12.4 Å². The molecule has 4 nitrogen and oxygen atoms in total. The lowest BCUT2D eigenvalue weighted by molar-refractivity contribution is -0.189. The summed E-state index contributed by atoms with van der Waals surface area (Å²) >= 11 is 0. The summed E-state index contributed by atoms with van der Waals surface area (Å²) in [5.41, 5.74) is 0. The normalized spacial score (nSPS) is 12.6. The van der Waals surface area contributed by atoms with E-state index in [1.54, 1.807) is 6.08 Å². The standard InChI is InChI=1S/C9H16O4/c1-5-6-8(13-7(2)10)9(11-3)12-4/h5,8-9H,1,6H2,2-4H3/t8-/m1/s1. The fourth-order valence-corrected chi connectivity index (χ4v) is 0.992. The lowest BCUT2D eigenvalue weighted by atomic mass is 10.2. The summed E-state index contributed by atoms with van der Waals surface area (Å²) in [5.74, 6) is -0.356. The SMILES string of the molecule is C=CC[C@@H](OC(C)=O)C(OC)OC. The zero-order chi connectivity index (χ0) is 10.3. The molecular formula is C9H16O4. The Morgan fingerprint density at radius 1 is 1.46 bits per heavy atom. The minimum atomic E-state index is -0.540. The summed E-state index contributed by atoms with van der Waals surface area (Å²) in [6.45, 7) is 4.90. The van der Waals surface area contributed by atoms with E-state index in [2.05, 4.69) is 6.58 Å². The second-order valence-electron chi connectivity index (χ2n) is 2.51. The van der Waals surface area contributed by atoms with Gasteiger partial charge in [0.25, 0.3) is 0 Å². The number of esters is 1. The molecule has 1 atom stereocenters. The summed E-state index contributed by atoms with van der Waals surface area (Å²) in [4.78, 5) is 10.7. The van der Waals surface area contributed by atoms with Crippen LogP contribution in [-0.2, 0) is 19.0 Å². The third-order valence-electron chi connectivity index (χ3n) is 1.48. The van der Waals surface area contributed by atoms with Crippen LogP contribution in [0.3, 0.4) is 0 Å². The van der Waals surface area contributed by atoms with Crippen molar-refractivity contribution in [2.24, 2.45) is 0 Å². The first-order valence-electron chi connectivity index (χ1n) is 3.99. The molecule has 0 aliphatic carbocycles. The highest BCUT2D eigenvalue weighted by atomic mass is 16.7. The Kier molecular flexibility index (Phi) is 6.18. The molecule has 0 aromatic heterocycles. The number of hydrogen-bond acceptors (Lipinski definition) is 4. The van der Waals surface area contributed by atoms with Gasteiger partial charge in [-0.15, -0.1) is 6.58 Å². The Morgan fingerprint density at radius 2 is 2.00 bits per heavy atom. The topological polar surface area (TPSA) is 44.8 Å². The molecule has 0 fully saturated rings. The first kappa shape index (κ1) is 12.1. The van der Waals surface area contributed by atoms with E-state index < -0.39 is 12.4 Å². The highest BCUT2D eigenvalue weighted by Gasteiger charge is 2.22. The van der Waals surface area contributed by atoms with Gasteiger partial charge in [0.1, 0.15) is 0 Å². The van der Waals surface area contributed by atoms with Gasteiger partial charge >= 0.3 is 5.97 Å². The van der Waals surface area contributed by atoms with E-state index in [-0.39, 0.29) is 5.97 Å². The summed E-state index contributed by atoms with van der Waals surface area (Å²) in [7, 11) is 2.99. The van der Waals surface area contributed by atoms with Crippen molar-refractivity contribution < 1.29 is 19.0 Å². The van der Waals surface area contributed by atoms with Crippen LogP contribution in [0.5, 0.6) is 0 Å². The zero-order valence-electron chi connectivity index (χ0n) is 8.28. The maximum absolute atomic E-state index is 10.7. The van der Waals surface area contributed by atoms with Gasteiger partial charge in [-0.3, -0.25) is 4.79 Å². The van der Waals surface area contributed by atoms with Crippen LogP contribution in [0.25, 0.3) is 0 Å². The molecule has 0 amide bonds. The molecule has 0 unspecified atom stereocenters. The van der Waals surface area contributed by atoms with Crippen LogP contribution in [0.1, 0.15) is 13.3 Å². The summed E-state index contributed by atoms with van der Waals surface area (Å²) in [6.07, 6.45) is 1.19. The third-order valence-corrected chi connectivity index (χ3v) is 1.48. The van der Waals surface area contributed by atoms with Crippen LogP contribution < -0.4 is 0 Å². The van der Waals surface area contributed by atoms with Crippen LogP contribution in [0.2, 0.25) is 0 Å². The largest absolute Gasteiger partial charge is 0.457 e. The molecule has 0 spiro atoms. The van der Waals surface area contributed by atoms with Crippen LogP contribution in [-0.4, -0.2) is 32.6 Å². The predicted octanol–water partition coefficient (Wildman–Crippen LogP) is 1.11. The Bertz CT molecular complexity index is 163. The molecular weight excluding hydrogens is 172 g/mol. The van der Waals surface area contributed by atoms with E-state index in [0.29, 0.717) is 6.42 Å². The molecule has 0 aliphatic heterocycles. The van der Waals surface area contributed by atoms with Crippen molar-refractivity contribution >= 4 is 5.97 Å². The Hall–Kier alpha value is -0.870. The van der Waals surface area contributed by atoms with Gasteiger partial charge in [0.05, 0.1) is 0 Å². The lowest BCUT2D eigenvalue weighted by Gasteiger charge is -2.22. The highest BCUT2D eigenvalue weighted by molar-refractivity contribution is 5.66. The van der Waals surface area contributed by atoms with Crippen molar-refractivity contribution in [3.63, 3.8) is 0 Å². The van der Waals surface area contributed by atoms with Gasteiger partial charge in [0, 0.05) is 27.6 Å². The minimum absolute atomic E-state index is 0.356. The first-order valence-corrected chi connectivity index (χ1v) is 3.99. The third kappa shape index (κ3) is 4.65. The molecule has 76 valence electrons. The van der Waals surface area contributed by atoms with E-state index in [1.807, 2.05) is 0 Å². The number of methoxy groups -OCH3 is 2. The fraction of sp³-hybridized carbons (Fsp3) is 0.667. The van der Waals surface area contributed by atoms with E-state index in [0.717, 1.165) is 0 Å². The molecule has 0 radical (unpaired) electrons. The molecule has 4 heteroatoms. The second-order valence-corrected chi connectivity index (χ2v) is 2.51. The Balaban J connectivity index is 4.18. The van der Waals surface area contributed by atoms with Gasteiger partial charge in [0.2, 0.25) is 0 Å². The van der Waals surface area contributed by atoms with Crippen LogP contribution in [0.4, 0.5) is 0 Å². The number of carbonyl (C=O) groups excluding carboxylic acids is 1. The van der Waals surface area contributed by atoms with E-state index >= 15 is 0 Å². The zero-order valence-corrected chi connectivity index (χ0v) is 8.28. The molecule has 0 aliphatic rings. The average molecular weight is 188 g/mol. The van der Waals surface area contributed by atoms with Crippen molar-refractivity contribution in [3.8, 4) is 0 Å². The van der Waals surface area contributed by atoms with Gasteiger partial charge in [-0.25, -0.2) is 0 Å². The van der Waals surface area contributed by atoms with Crippen LogP contribution >= 0.6 is 0 Å². The summed E-state index contributed by atoms with van der Waals surface area (Å²) in [5, 5.41) is 0. The van der Waals surface area contributed by atoms with Crippen molar-refractivity contribution in [1.82, 2.24) is 0 Å². The molecule has 0 N–H and O–H groups in total. The number of rotatable bonds is 6. The van der Waals surface area contributed by atoms with E-state index in [1.165, 1.54) is 21.1 Å². The molecule has 0 saturated heterocycles. The molecule has 0 saturated carbocycles. The van der Waals surface area contributed by atoms with Crippen molar-refractivity contribution in [2.75, 3.05) is 14.2 Å². The molecule has 0 bridgehead atoms. The Labute approximate surface area is 78.5 Å². The second kappa shape index (κ2) is 6.62. The molecule has 0 heterocycles. The summed E-state index contributed by atoms with van der Waals surface area (Å²) < 4.78 is 14.9. The predicted molar refractivity (Wildman–Crippen MR) is 48.2 cm³/mol.